The molecule has 1 heterocycles. The number of benzene rings is 1. The van der Waals surface area contributed by atoms with Crippen molar-refractivity contribution >= 4 is 5.82 Å². The summed E-state index contributed by atoms with van der Waals surface area (Å²) in [4.78, 5) is 3.90. The monoisotopic (exact) mass is 225 g/mol. The van der Waals surface area contributed by atoms with E-state index in [9.17, 15) is 0 Å². The second kappa shape index (κ2) is 4.54. The highest BCUT2D eigenvalue weighted by Gasteiger charge is 2.08. The molecule has 2 N–H and O–H groups in total. The molecule has 84 valence electrons. The third-order valence-corrected chi connectivity index (χ3v) is 2.49. The topological polar surface area (TPSA) is 71.9 Å². The first-order valence-electron chi connectivity index (χ1n) is 5.05. The van der Waals surface area contributed by atoms with Gasteiger partial charge in [0.2, 0.25) is 0 Å². The summed E-state index contributed by atoms with van der Waals surface area (Å²) in [5, 5.41) is 9.07. The molecule has 2 rings (SSSR count). The van der Waals surface area contributed by atoms with Crippen molar-refractivity contribution in [1.29, 1.82) is 5.26 Å². The van der Waals surface area contributed by atoms with Gasteiger partial charge in [0.1, 0.15) is 23.2 Å². The molecule has 0 radical (unpaired) electrons. The molecule has 0 unspecified atom stereocenters. The molecule has 0 spiro atoms. The molecular formula is C13H11N3O. The van der Waals surface area contributed by atoms with E-state index in [1.54, 1.807) is 19.4 Å². The van der Waals surface area contributed by atoms with Crippen molar-refractivity contribution in [3.63, 3.8) is 0 Å². The predicted molar refractivity (Wildman–Crippen MR) is 65.4 cm³/mol. The third kappa shape index (κ3) is 2.04. The van der Waals surface area contributed by atoms with Gasteiger partial charge in [0.05, 0.1) is 7.11 Å². The third-order valence-electron chi connectivity index (χ3n) is 2.49. The number of methoxy groups -OCH3 is 1. The molecule has 4 heteroatoms. The summed E-state index contributed by atoms with van der Waals surface area (Å²) in [6, 6.07) is 11.3. The van der Waals surface area contributed by atoms with Crippen molar-refractivity contribution in [1.82, 2.24) is 4.98 Å². The SMILES string of the molecule is COc1ccc(-c2ccnc(N)c2C#N)cc1. The summed E-state index contributed by atoms with van der Waals surface area (Å²) < 4.78 is 5.08. The van der Waals surface area contributed by atoms with Crippen LogP contribution in [0.2, 0.25) is 0 Å². The van der Waals surface area contributed by atoms with Crippen LogP contribution in [0.5, 0.6) is 5.75 Å². The highest BCUT2D eigenvalue weighted by Crippen LogP contribution is 2.27. The Balaban J connectivity index is 2.53. The van der Waals surface area contributed by atoms with Crippen LogP contribution in [-0.4, -0.2) is 12.1 Å². The Bertz CT molecular complexity index is 570. The van der Waals surface area contributed by atoms with Gasteiger partial charge in [0.25, 0.3) is 0 Å². The molecule has 0 amide bonds. The number of ether oxygens (including phenoxy) is 1. The molecule has 0 aliphatic rings. The Kier molecular flexibility index (Phi) is 2.93. The fraction of sp³-hybridized carbons (Fsp3) is 0.0769. The average Bonchev–Trinajstić information content (AvgIpc) is 2.38. The molecule has 1 aromatic carbocycles. The molecule has 0 atom stereocenters. The Morgan fingerprint density at radius 2 is 1.94 bits per heavy atom. The van der Waals surface area contributed by atoms with Gasteiger partial charge in [0, 0.05) is 11.8 Å². The first-order chi connectivity index (χ1) is 8.26. The van der Waals surface area contributed by atoms with Gasteiger partial charge in [-0.2, -0.15) is 5.26 Å². The lowest BCUT2D eigenvalue weighted by molar-refractivity contribution is 0.415. The molecule has 0 aliphatic heterocycles. The Labute approximate surface area is 99.3 Å². The van der Waals surface area contributed by atoms with Crippen molar-refractivity contribution in [3.05, 3.63) is 42.1 Å². The number of pyridine rings is 1. The minimum Gasteiger partial charge on any atom is -0.497 e. The van der Waals surface area contributed by atoms with Crippen molar-refractivity contribution in [2.45, 2.75) is 0 Å². The van der Waals surface area contributed by atoms with E-state index in [1.807, 2.05) is 24.3 Å². The minimum absolute atomic E-state index is 0.251. The molecule has 1 aromatic heterocycles. The van der Waals surface area contributed by atoms with Gasteiger partial charge in [-0.05, 0) is 23.8 Å². The molecule has 0 aliphatic carbocycles. The minimum atomic E-state index is 0.251. The summed E-state index contributed by atoms with van der Waals surface area (Å²) >= 11 is 0. The van der Waals surface area contributed by atoms with Gasteiger partial charge in [0.15, 0.2) is 0 Å². The van der Waals surface area contributed by atoms with Crippen LogP contribution in [-0.2, 0) is 0 Å². The molecule has 4 nitrogen and oxygen atoms in total. The number of anilines is 1. The molecular weight excluding hydrogens is 214 g/mol. The van der Waals surface area contributed by atoms with Crippen molar-refractivity contribution in [2.24, 2.45) is 0 Å². The second-order valence-corrected chi connectivity index (χ2v) is 3.46. The largest absolute Gasteiger partial charge is 0.497 e. The van der Waals surface area contributed by atoms with Gasteiger partial charge in [-0.3, -0.25) is 0 Å². The lowest BCUT2D eigenvalue weighted by Crippen LogP contribution is -1.96. The average molecular weight is 225 g/mol. The Morgan fingerprint density at radius 1 is 1.24 bits per heavy atom. The highest BCUT2D eigenvalue weighted by atomic mass is 16.5. The van der Waals surface area contributed by atoms with Crippen LogP contribution in [0.3, 0.4) is 0 Å². The van der Waals surface area contributed by atoms with E-state index in [-0.39, 0.29) is 5.82 Å². The van der Waals surface area contributed by atoms with Gasteiger partial charge < -0.3 is 10.5 Å². The summed E-state index contributed by atoms with van der Waals surface area (Å²) in [5.41, 5.74) is 7.76. The standard InChI is InChI=1S/C13H11N3O/c1-17-10-4-2-9(3-5-10)11-6-7-16-13(15)12(11)8-14/h2-7H,1H3,(H2,15,16). The predicted octanol–water partition coefficient (Wildman–Crippen LogP) is 2.21. The maximum absolute atomic E-state index is 9.07. The van der Waals surface area contributed by atoms with Crippen molar-refractivity contribution in [2.75, 3.05) is 12.8 Å². The number of hydrogen-bond acceptors (Lipinski definition) is 4. The smallest absolute Gasteiger partial charge is 0.141 e. The molecule has 2 aromatic rings. The zero-order valence-corrected chi connectivity index (χ0v) is 9.34. The van der Waals surface area contributed by atoms with Crippen molar-refractivity contribution in [3.8, 4) is 22.9 Å². The van der Waals surface area contributed by atoms with Crippen LogP contribution in [0.1, 0.15) is 5.56 Å². The number of nitrogens with zero attached hydrogens (tertiary/aromatic N) is 2. The summed E-state index contributed by atoms with van der Waals surface area (Å²) in [6.45, 7) is 0. The number of hydrogen-bond donors (Lipinski definition) is 1. The number of nitrogens with two attached hydrogens (primary N) is 1. The fourth-order valence-electron chi connectivity index (χ4n) is 1.61. The normalized spacial score (nSPS) is 9.65. The van der Waals surface area contributed by atoms with E-state index in [0.717, 1.165) is 16.9 Å². The summed E-state index contributed by atoms with van der Waals surface area (Å²) in [7, 11) is 1.61. The molecule has 17 heavy (non-hydrogen) atoms. The van der Waals surface area contributed by atoms with E-state index < -0.39 is 0 Å². The Hall–Kier alpha value is -2.54. The van der Waals surface area contributed by atoms with Crippen LogP contribution in [0.25, 0.3) is 11.1 Å². The summed E-state index contributed by atoms with van der Waals surface area (Å²) in [6.07, 6.45) is 1.59. The van der Waals surface area contributed by atoms with Gasteiger partial charge >= 0.3 is 0 Å². The number of nitriles is 1. The summed E-state index contributed by atoms with van der Waals surface area (Å²) in [5.74, 6) is 1.02. The first kappa shape index (κ1) is 11.0. The zero-order chi connectivity index (χ0) is 12.3. The maximum Gasteiger partial charge on any atom is 0.141 e. The van der Waals surface area contributed by atoms with Gasteiger partial charge in [-0.25, -0.2) is 4.98 Å². The second-order valence-electron chi connectivity index (χ2n) is 3.46. The van der Waals surface area contributed by atoms with Crippen LogP contribution in [0, 0.1) is 11.3 Å². The van der Waals surface area contributed by atoms with Crippen LogP contribution in [0.15, 0.2) is 36.5 Å². The van der Waals surface area contributed by atoms with Gasteiger partial charge in [-0.1, -0.05) is 12.1 Å². The van der Waals surface area contributed by atoms with E-state index in [0.29, 0.717) is 5.56 Å². The van der Waals surface area contributed by atoms with E-state index in [4.69, 9.17) is 15.7 Å². The van der Waals surface area contributed by atoms with E-state index in [2.05, 4.69) is 11.1 Å². The molecule has 0 fully saturated rings. The fourth-order valence-corrected chi connectivity index (χ4v) is 1.61. The first-order valence-corrected chi connectivity index (χ1v) is 5.05. The van der Waals surface area contributed by atoms with Crippen LogP contribution in [0.4, 0.5) is 5.82 Å². The van der Waals surface area contributed by atoms with E-state index in [1.165, 1.54) is 0 Å². The quantitative estimate of drug-likeness (QED) is 0.850. The zero-order valence-electron chi connectivity index (χ0n) is 9.34. The highest BCUT2D eigenvalue weighted by molar-refractivity contribution is 5.75. The molecule has 0 saturated carbocycles. The van der Waals surface area contributed by atoms with Gasteiger partial charge in [-0.15, -0.1) is 0 Å². The van der Waals surface area contributed by atoms with E-state index >= 15 is 0 Å². The lowest BCUT2D eigenvalue weighted by atomic mass is 10.0. The molecule has 0 saturated heterocycles. The number of aromatic nitrogens is 1. The van der Waals surface area contributed by atoms with Crippen LogP contribution < -0.4 is 10.5 Å². The maximum atomic E-state index is 9.07. The number of rotatable bonds is 2. The van der Waals surface area contributed by atoms with Crippen LogP contribution >= 0.6 is 0 Å². The lowest BCUT2D eigenvalue weighted by Gasteiger charge is -2.06. The molecule has 0 bridgehead atoms. The van der Waals surface area contributed by atoms with Crippen molar-refractivity contribution < 1.29 is 4.74 Å². The Morgan fingerprint density at radius 3 is 2.53 bits per heavy atom. The number of nitrogen functional groups attached to an aromatic ring is 1.